The van der Waals surface area contributed by atoms with Gasteiger partial charge in [0.05, 0.1) is 5.56 Å². The highest BCUT2D eigenvalue weighted by Crippen LogP contribution is 2.31. The molecule has 2 atom stereocenters. The van der Waals surface area contributed by atoms with Gasteiger partial charge in [0, 0.05) is 18.6 Å². The Hall–Kier alpha value is -1.76. The SMILES string of the molecule is C[C@@H]1C[C@@H](N)CCN1C(=O)COc1cccc(C(F)(F)F)c1. The van der Waals surface area contributed by atoms with E-state index >= 15 is 0 Å². The van der Waals surface area contributed by atoms with Crippen LogP contribution in [-0.4, -0.2) is 36.0 Å². The summed E-state index contributed by atoms with van der Waals surface area (Å²) in [6, 6.07) is 4.61. The molecule has 0 unspecified atom stereocenters. The van der Waals surface area contributed by atoms with Crippen LogP contribution in [0.1, 0.15) is 25.3 Å². The molecule has 1 amide bonds. The summed E-state index contributed by atoms with van der Waals surface area (Å²) in [5, 5.41) is 0. The Labute approximate surface area is 127 Å². The third kappa shape index (κ3) is 4.13. The van der Waals surface area contributed by atoms with E-state index in [4.69, 9.17) is 10.5 Å². The van der Waals surface area contributed by atoms with Crippen LogP contribution in [-0.2, 0) is 11.0 Å². The Kier molecular flexibility index (Phi) is 4.95. The lowest BCUT2D eigenvalue weighted by Crippen LogP contribution is -2.49. The standard InChI is InChI=1S/C15H19F3N2O2/c1-10-7-12(19)5-6-20(10)14(21)9-22-13-4-2-3-11(8-13)15(16,17)18/h2-4,8,10,12H,5-7,9,19H2,1H3/t10-,12+/m1/s1. The number of carbonyl (C=O) groups is 1. The molecule has 122 valence electrons. The van der Waals surface area contributed by atoms with Crippen molar-refractivity contribution in [3.8, 4) is 5.75 Å². The van der Waals surface area contributed by atoms with Gasteiger partial charge in [-0.2, -0.15) is 13.2 Å². The van der Waals surface area contributed by atoms with Gasteiger partial charge in [0.2, 0.25) is 0 Å². The molecule has 0 bridgehead atoms. The topological polar surface area (TPSA) is 55.6 Å². The maximum Gasteiger partial charge on any atom is 0.416 e. The van der Waals surface area contributed by atoms with Crippen molar-refractivity contribution < 1.29 is 22.7 Å². The summed E-state index contributed by atoms with van der Waals surface area (Å²) in [6.07, 6.45) is -2.99. The van der Waals surface area contributed by atoms with Gasteiger partial charge in [0.1, 0.15) is 5.75 Å². The maximum atomic E-state index is 12.6. The highest BCUT2D eigenvalue weighted by molar-refractivity contribution is 5.78. The van der Waals surface area contributed by atoms with E-state index in [-0.39, 0.29) is 30.3 Å². The summed E-state index contributed by atoms with van der Waals surface area (Å²) >= 11 is 0. The van der Waals surface area contributed by atoms with Gasteiger partial charge in [0.15, 0.2) is 6.61 Å². The normalized spacial score (nSPS) is 22.5. The summed E-state index contributed by atoms with van der Waals surface area (Å²) in [4.78, 5) is 13.8. The summed E-state index contributed by atoms with van der Waals surface area (Å²) in [5.41, 5.74) is 5.04. The van der Waals surface area contributed by atoms with E-state index < -0.39 is 11.7 Å². The van der Waals surface area contributed by atoms with Gasteiger partial charge in [0.25, 0.3) is 5.91 Å². The number of halogens is 3. The molecular formula is C15H19F3N2O2. The Balaban J connectivity index is 1.94. The van der Waals surface area contributed by atoms with Crippen molar-refractivity contribution in [2.45, 2.75) is 38.0 Å². The van der Waals surface area contributed by atoms with Crippen LogP contribution < -0.4 is 10.5 Å². The second kappa shape index (κ2) is 6.56. The number of nitrogens with zero attached hydrogens (tertiary/aromatic N) is 1. The number of likely N-dealkylation sites (tertiary alicyclic amines) is 1. The zero-order chi connectivity index (χ0) is 16.3. The second-order valence-corrected chi connectivity index (χ2v) is 5.53. The minimum atomic E-state index is -4.43. The smallest absolute Gasteiger partial charge is 0.416 e. The maximum absolute atomic E-state index is 12.6. The molecule has 1 aliphatic rings. The van der Waals surface area contributed by atoms with Crippen LogP contribution in [0.2, 0.25) is 0 Å². The first kappa shape index (κ1) is 16.6. The average molecular weight is 316 g/mol. The third-order valence-corrected chi connectivity index (χ3v) is 3.76. The molecule has 22 heavy (non-hydrogen) atoms. The van der Waals surface area contributed by atoms with Crippen LogP contribution in [0.5, 0.6) is 5.75 Å². The number of nitrogens with two attached hydrogens (primary N) is 1. The number of rotatable bonds is 3. The molecule has 1 saturated heterocycles. The molecule has 1 aromatic carbocycles. The van der Waals surface area contributed by atoms with Gasteiger partial charge in [-0.15, -0.1) is 0 Å². The molecule has 2 N–H and O–H groups in total. The Morgan fingerprint density at radius 1 is 1.45 bits per heavy atom. The minimum absolute atomic E-state index is 0.0151. The fourth-order valence-corrected chi connectivity index (χ4v) is 2.57. The number of hydrogen-bond donors (Lipinski definition) is 1. The summed E-state index contributed by atoms with van der Waals surface area (Å²) < 4.78 is 43.0. The predicted octanol–water partition coefficient (Wildman–Crippen LogP) is 2.42. The first-order valence-corrected chi connectivity index (χ1v) is 7.12. The molecule has 0 saturated carbocycles. The van der Waals surface area contributed by atoms with Crippen LogP contribution in [0, 0.1) is 0 Å². The van der Waals surface area contributed by atoms with Crippen LogP contribution in [0.4, 0.5) is 13.2 Å². The number of amides is 1. The van der Waals surface area contributed by atoms with E-state index in [9.17, 15) is 18.0 Å². The number of piperidine rings is 1. The molecule has 1 aliphatic heterocycles. The molecule has 2 rings (SSSR count). The average Bonchev–Trinajstić information content (AvgIpc) is 2.44. The molecule has 0 aliphatic carbocycles. The number of carbonyl (C=O) groups excluding carboxylic acids is 1. The van der Waals surface area contributed by atoms with E-state index in [2.05, 4.69) is 0 Å². The lowest BCUT2D eigenvalue weighted by molar-refractivity contribution is -0.137. The molecule has 1 fully saturated rings. The fraction of sp³-hybridized carbons (Fsp3) is 0.533. The van der Waals surface area contributed by atoms with Crippen LogP contribution in [0.15, 0.2) is 24.3 Å². The number of alkyl halides is 3. The van der Waals surface area contributed by atoms with E-state index in [1.807, 2.05) is 6.92 Å². The molecule has 1 heterocycles. The molecular weight excluding hydrogens is 297 g/mol. The van der Waals surface area contributed by atoms with E-state index in [1.165, 1.54) is 12.1 Å². The zero-order valence-corrected chi connectivity index (χ0v) is 12.3. The number of ether oxygens (including phenoxy) is 1. The molecule has 4 nitrogen and oxygen atoms in total. The third-order valence-electron chi connectivity index (χ3n) is 3.76. The fourth-order valence-electron chi connectivity index (χ4n) is 2.57. The Bertz CT molecular complexity index is 534. The summed E-state index contributed by atoms with van der Waals surface area (Å²) in [6.45, 7) is 2.18. The molecule has 7 heteroatoms. The van der Waals surface area contributed by atoms with E-state index in [1.54, 1.807) is 4.90 Å². The monoisotopic (exact) mass is 316 g/mol. The second-order valence-electron chi connectivity index (χ2n) is 5.53. The molecule has 1 aromatic rings. The summed E-state index contributed by atoms with van der Waals surface area (Å²) in [7, 11) is 0. The van der Waals surface area contributed by atoms with Gasteiger partial charge in [-0.05, 0) is 38.0 Å². The van der Waals surface area contributed by atoms with Crippen LogP contribution in [0.25, 0.3) is 0 Å². The predicted molar refractivity (Wildman–Crippen MR) is 75.3 cm³/mol. The first-order chi connectivity index (χ1) is 10.3. The van der Waals surface area contributed by atoms with E-state index in [0.717, 1.165) is 25.0 Å². The van der Waals surface area contributed by atoms with Gasteiger partial charge < -0.3 is 15.4 Å². The first-order valence-electron chi connectivity index (χ1n) is 7.12. The Morgan fingerprint density at radius 3 is 2.82 bits per heavy atom. The highest BCUT2D eigenvalue weighted by atomic mass is 19.4. The highest BCUT2D eigenvalue weighted by Gasteiger charge is 2.31. The lowest BCUT2D eigenvalue weighted by Gasteiger charge is -2.36. The van der Waals surface area contributed by atoms with Crippen molar-refractivity contribution in [3.63, 3.8) is 0 Å². The van der Waals surface area contributed by atoms with Crippen molar-refractivity contribution >= 4 is 5.91 Å². The van der Waals surface area contributed by atoms with E-state index in [0.29, 0.717) is 6.54 Å². The number of hydrogen-bond acceptors (Lipinski definition) is 3. The van der Waals surface area contributed by atoms with Crippen molar-refractivity contribution in [2.75, 3.05) is 13.2 Å². The van der Waals surface area contributed by atoms with Gasteiger partial charge in [-0.3, -0.25) is 4.79 Å². The zero-order valence-electron chi connectivity index (χ0n) is 12.3. The molecule has 0 radical (unpaired) electrons. The van der Waals surface area contributed by atoms with Crippen LogP contribution >= 0.6 is 0 Å². The Morgan fingerprint density at radius 2 is 2.18 bits per heavy atom. The van der Waals surface area contributed by atoms with Crippen molar-refractivity contribution in [1.82, 2.24) is 4.90 Å². The molecule has 0 aromatic heterocycles. The van der Waals surface area contributed by atoms with Crippen molar-refractivity contribution in [3.05, 3.63) is 29.8 Å². The van der Waals surface area contributed by atoms with Crippen molar-refractivity contribution in [1.29, 1.82) is 0 Å². The molecule has 0 spiro atoms. The minimum Gasteiger partial charge on any atom is -0.484 e. The van der Waals surface area contributed by atoms with Gasteiger partial charge >= 0.3 is 6.18 Å². The quantitative estimate of drug-likeness (QED) is 0.932. The van der Waals surface area contributed by atoms with Gasteiger partial charge in [-0.25, -0.2) is 0 Å². The van der Waals surface area contributed by atoms with Gasteiger partial charge in [-0.1, -0.05) is 6.07 Å². The van der Waals surface area contributed by atoms with Crippen molar-refractivity contribution in [2.24, 2.45) is 5.73 Å². The van der Waals surface area contributed by atoms with Crippen LogP contribution in [0.3, 0.4) is 0 Å². The lowest BCUT2D eigenvalue weighted by atomic mass is 9.99. The summed E-state index contributed by atoms with van der Waals surface area (Å²) in [5.74, 6) is -0.207. The largest absolute Gasteiger partial charge is 0.484 e. The number of benzene rings is 1.